The molecule has 1 aromatic carbocycles. The zero-order valence-electron chi connectivity index (χ0n) is 11.3. The summed E-state index contributed by atoms with van der Waals surface area (Å²) in [4.78, 5) is 2.20. The number of hydrogen-bond acceptors (Lipinski definition) is 3. The first-order valence-corrected chi connectivity index (χ1v) is 6.73. The smallest absolute Gasteiger partial charge is 0.130 e. The van der Waals surface area contributed by atoms with Gasteiger partial charge in [0.25, 0.3) is 0 Å². The molecule has 0 aliphatic carbocycles. The van der Waals surface area contributed by atoms with E-state index in [0.717, 1.165) is 32.2 Å². The molecule has 0 unspecified atom stereocenters. The number of halogens is 3. The van der Waals surface area contributed by atoms with Crippen LogP contribution < -0.4 is 5.32 Å². The summed E-state index contributed by atoms with van der Waals surface area (Å²) in [5, 5.41) is 12.2. The van der Waals surface area contributed by atoms with Crippen molar-refractivity contribution in [2.24, 2.45) is 0 Å². The summed E-state index contributed by atoms with van der Waals surface area (Å²) in [6.45, 7) is 3.52. The van der Waals surface area contributed by atoms with Crippen molar-refractivity contribution < 1.29 is 13.9 Å². The fraction of sp³-hybridized carbons (Fsp3) is 0.571. The summed E-state index contributed by atoms with van der Waals surface area (Å²) >= 11 is 0. The van der Waals surface area contributed by atoms with Gasteiger partial charge in [0, 0.05) is 50.5 Å². The average molecular weight is 307 g/mol. The Bertz CT molecular complexity index is 414. The molecule has 1 fully saturated rings. The van der Waals surface area contributed by atoms with Crippen molar-refractivity contribution in [3.05, 3.63) is 35.4 Å². The Hall–Kier alpha value is -0.750. The molecule has 1 aliphatic rings. The van der Waals surface area contributed by atoms with Crippen LogP contribution in [-0.4, -0.2) is 42.8 Å². The van der Waals surface area contributed by atoms with Gasteiger partial charge in [-0.15, -0.1) is 12.4 Å². The largest absolute Gasteiger partial charge is 0.396 e. The summed E-state index contributed by atoms with van der Waals surface area (Å²) in [7, 11) is 0. The van der Waals surface area contributed by atoms with Crippen LogP contribution in [0.15, 0.2) is 18.2 Å². The molecule has 0 amide bonds. The van der Waals surface area contributed by atoms with Crippen molar-refractivity contribution in [3.63, 3.8) is 0 Å². The first-order chi connectivity index (χ1) is 9.22. The SMILES string of the molecule is Cl.OCCC[C@H](c1ccc(F)cc1F)N1CCNCC1. The second-order valence-electron chi connectivity index (χ2n) is 4.83. The zero-order valence-corrected chi connectivity index (χ0v) is 12.1. The monoisotopic (exact) mass is 306 g/mol. The Kier molecular flexibility index (Phi) is 7.37. The summed E-state index contributed by atoms with van der Waals surface area (Å²) in [5.74, 6) is -1.05. The highest BCUT2D eigenvalue weighted by Crippen LogP contribution is 2.28. The van der Waals surface area contributed by atoms with Crippen LogP contribution in [0.2, 0.25) is 0 Å². The minimum absolute atomic E-state index is 0. The normalized spacial score (nSPS) is 17.6. The van der Waals surface area contributed by atoms with Crippen LogP contribution in [0.5, 0.6) is 0 Å². The first kappa shape index (κ1) is 17.3. The van der Waals surface area contributed by atoms with E-state index in [-0.39, 0.29) is 25.1 Å². The van der Waals surface area contributed by atoms with Crippen molar-refractivity contribution in [2.75, 3.05) is 32.8 Å². The summed E-state index contributed by atoms with van der Waals surface area (Å²) in [5.41, 5.74) is 0.525. The second-order valence-corrected chi connectivity index (χ2v) is 4.83. The van der Waals surface area contributed by atoms with E-state index in [1.165, 1.54) is 12.1 Å². The van der Waals surface area contributed by atoms with Crippen LogP contribution in [0.3, 0.4) is 0 Å². The van der Waals surface area contributed by atoms with Crippen LogP contribution in [-0.2, 0) is 0 Å². The maximum Gasteiger partial charge on any atom is 0.130 e. The maximum atomic E-state index is 13.9. The predicted molar refractivity (Wildman–Crippen MR) is 77.1 cm³/mol. The van der Waals surface area contributed by atoms with Crippen LogP contribution in [0.1, 0.15) is 24.4 Å². The number of nitrogens with zero attached hydrogens (tertiary/aromatic N) is 1. The molecule has 6 heteroatoms. The third-order valence-corrected chi connectivity index (χ3v) is 3.55. The van der Waals surface area contributed by atoms with E-state index < -0.39 is 11.6 Å². The molecule has 0 radical (unpaired) electrons. The first-order valence-electron chi connectivity index (χ1n) is 6.73. The van der Waals surface area contributed by atoms with Gasteiger partial charge in [0.15, 0.2) is 0 Å². The van der Waals surface area contributed by atoms with Gasteiger partial charge in [-0.3, -0.25) is 4.90 Å². The van der Waals surface area contributed by atoms with Gasteiger partial charge in [0.05, 0.1) is 0 Å². The summed E-state index contributed by atoms with van der Waals surface area (Å²) in [6, 6.07) is 3.67. The number of aliphatic hydroxyl groups is 1. The molecule has 1 saturated heterocycles. The van der Waals surface area contributed by atoms with Crippen molar-refractivity contribution in [1.29, 1.82) is 0 Å². The van der Waals surface area contributed by atoms with Gasteiger partial charge < -0.3 is 10.4 Å². The van der Waals surface area contributed by atoms with Crippen molar-refractivity contribution in [2.45, 2.75) is 18.9 Å². The van der Waals surface area contributed by atoms with Gasteiger partial charge in [0.2, 0.25) is 0 Å². The van der Waals surface area contributed by atoms with Crippen LogP contribution in [0.4, 0.5) is 8.78 Å². The zero-order chi connectivity index (χ0) is 13.7. The number of piperazine rings is 1. The lowest BCUT2D eigenvalue weighted by Crippen LogP contribution is -2.45. The lowest BCUT2D eigenvalue weighted by molar-refractivity contribution is 0.151. The second kappa shape index (κ2) is 8.52. The molecule has 0 spiro atoms. The Balaban J connectivity index is 0.00000200. The average Bonchev–Trinajstić information content (AvgIpc) is 2.42. The number of hydrogen-bond donors (Lipinski definition) is 2. The highest BCUT2D eigenvalue weighted by atomic mass is 35.5. The molecule has 114 valence electrons. The lowest BCUT2D eigenvalue weighted by Gasteiger charge is -2.35. The van der Waals surface area contributed by atoms with Crippen LogP contribution in [0, 0.1) is 11.6 Å². The number of aliphatic hydroxyl groups excluding tert-OH is 1. The molecule has 1 heterocycles. The van der Waals surface area contributed by atoms with Crippen molar-refractivity contribution in [1.82, 2.24) is 10.2 Å². The molecule has 0 aromatic heterocycles. The van der Waals surface area contributed by atoms with Crippen LogP contribution in [0.25, 0.3) is 0 Å². The Morgan fingerprint density at radius 2 is 1.95 bits per heavy atom. The van der Waals surface area contributed by atoms with Crippen LogP contribution >= 0.6 is 12.4 Å². The molecule has 3 nitrogen and oxygen atoms in total. The van der Waals surface area contributed by atoms with E-state index in [2.05, 4.69) is 10.2 Å². The van der Waals surface area contributed by atoms with Gasteiger partial charge in [-0.2, -0.15) is 0 Å². The third-order valence-electron chi connectivity index (χ3n) is 3.55. The molecule has 0 saturated carbocycles. The molecule has 1 aliphatic heterocycles. The standard InChI is InChI=1S/C14H20F2N2O.ClH/c15-11-3-4-12(13(16)10-11)14(2-1-9-19)18-7-5-17-6-8-18;/h3-4,10,14,17,19H,1-2,5-9H2;1H/t14-;/m1./s1. The van der Waals surface area contributed by atoms with E-state index >= 15 is 0 Å². The van der Waals surface area contributed by atoms with Gasteiger partial charge in [0.1, 0.15) is 11.6 Å². The summed E-state index contributed by atoms with van der Waals surface area (Å²) < 4.78 is 26.9. The van der Waals surface area contributed by atoms with Gasteiger partial charge in [-0.05, 0) is 18.9 Å². The lowest BCUT2D eigenvalue weighted by atomic mass is 9.99. The number of nitrogens with one attached hydrogen (secondary N) is 1. The van der Waals surface area contributed by atoms with E-state index in [9.17, 15) is 8.78 Å². The van der Waals surface area contributed by atoms with E-state index in [1.807, 2.05) is 0 Å². The molecule has 1 atom stereocenters. The molecule has 0 bridgehead atoms. The highest BCUT2D eigenvalue weighted by molar-refractivity contribution is 5.85. The minimum Gasteiger partial charge on any atom is -0.396 e. The van der Waals surface area contributed by atoms with Crippen molar-refractivity contribution >= 4 is 12.4 Å². The van der Waals surface area contributed by atoms with Gasteiger partial charge in [-0.1, -0.05) is 6.07 Å². The Morgan fingerprint density at radius 1 is 1.25 bits per heavy atom. The quantitative estimate of drug-likeness (QED) is 0.874. The fourth-order valence-corrected chi connectivity index (χ4v) is 2.58. The number of rotatable bonds is 5. The fourth-order valence-electron chi connectivity index (χ4n) is 2.58. The Morgan fingerprint density at radius 3 is 2.55 bits per heavy atom. The Labute approximate surface area is 124 Å². The van der Waals surface area contributed by atoms with E-state index in [1.54, 1.807) is 0 Å². The number of benzene rings is 1. The predicted octanol–water partition coefficient (Wildman–Crippen LogP) is 2.11. The maximum absolute atomic E-state index is 13.9. The molecule has 1 aromatic rings. The van der Waals surface area contributed by atoms with Gasteiger partial charge >= 0.3 is 0 Å². The molecule has 20 heavy (non-hydrogen) atoms. The van der Waals surface area contributed by atoms with E-state index in [0.29, 0.717) is 18.4 Å². The van der Waals surface area contributed by atoms with E-state index in [4.69, 9.17) is 5.11 Å². The van der Waals surface area contributed by atoms with Gasteiger partial charge in [-0.25, -0.2) is 8.78 Å². The minimum atomic E-state index is -0.553. The van der Waals surface area contributed by atoms with Crippen molar-refractivity contribution in [3.8, 4) is 0 Å². The molecule has 2 N–H and O–H groups in total. The molecular weight excluding hydrogens is 286 g/mol. The molecule has 2 rings (SSSR count). The third kappa shape index (κ3) is 4.38. The highest BCUT2D eigenvalue weighted by Gasteiger charge is 2.24. The summed E-state index contributed by atoms with van der Waals surface area (Å²) in [6.07, 6.45) is 1.30. The topological polar surface area (TPSA) is 35.5 Å². The molecular formula is C14H21ClF2N2O.